The van der Waals surface area contributed by atoms with Crippen LogP contribution in [0.5, 0.6) is 17.2 Å². The van der Waals surface area contributed by atoms with E-state index < -0.39 is 0 Å². The van der Waals surface area contributed by atoms with E-state index >= 15 is 0 Å². The first-order chi connectivity index (χ1) is 16.0. The second-order valence-electron chi connectivity index (χ2n) is 6.86. The monoisotopic (exact) mass is 465 g/mol. The largest absolute Gasteiger partial charge is 0.493 e. The smallest absolute Gasteiger partial charge is 0.255 e. The summed E-state index contributed by atoms with van der Waals surface area (Å²) in [4.78, 5) is 12.8. The number of hydrogen-bond acceptors (Lipinski definition) is 7. The van der Waals surface area contributed by atoms with E-state index in [0.717, 1.165) is 5.56 Å². The standard InChI is InChI=1S/C24H20ClN3O5/c1-30-19-12-16(13-20(31-2)21(19)32-3)22(29)26-18-10-6-15(7-11-18)24-28-27-23(33-24)14-4-8-17(25)9-5-14/h4-13H,1-3H3,(H,26,29). The van der Waals surface area contributed by atoms with E-state index in [1.54, 1.807) is 60.7 Å². The summed E-state index contributed by atoms with van der Waals surface area (Å²) >= 11 is 5.92. The van der Waals surface area contributed by atoms with Gasteiger partial charge in [-0.3, -0.25) is 4.79 Å². The minimum atomic E-state index is -0.329. The molecule has 168 valence electrons. The molecule has 0 spiro atoms. The Balaban J connectivity index is 1.50. The number of amides is 1. The van der Waals surface area contributed by atoms with Crippen LogP contribution in [0.25, 0.3) is 22.9 Å². The van der Waals surface area contributed by atoms with E-state index in [-0.39, 0.29) is 5.91 Å². The molecule has 0 unspecified atom stereocenters. The van der Waals surface area contributed by atoms with Crippen molar-refractivity contribution in [1.29, 1.82) is 0 Å². The minimum Gasteiger partial charge on any atom is -0.493 e. The highest BCUT2D eigenvalue weighted by atomic mass is 35.5. The topological polar surface area (TPSA) is 95.7 Å². The van der Waals surface area contributed by atoms with Crippen molar-refractivity contribution >= 4 is 23.2 Å². The zero-order chi connectivity index (χ0) is 23.4. The van der Waals surface area contributed by atoms with Gasteiger partial charge in [-0.15, -0.1) is 10.2 Å². The van der Waals surface area contributed by atoms with Gasteiger partial charge in [-0.2, -0.15) is 0 Å². The Morgan fingerprint density at radius 2 is 1.33 bits per heavy atom. The molecule has 0 aliphatic heterocycles. The van der Waals surface area contributed by atoms with Crippen molar-refractivity contribution in [3.8, 4) is 40.2 Å². The predicted octanol–water partition coefficient (Wildman–Crippen LogP) is 5.34. The molecule has 8 nitrogen and oxygen atoms in total. The molecular formula is C24H20ClN3O5. The highest BCUT2D eigenvalue weighted by Gasteiger charge is 2.17. The van der Waals surface area contributed by atoms with E-state index in [2.05, 4.69) is 15.5 Å². The molecule has 1 amide bonds. The SMILES string of the molecule is COc1cc(C(=O)Nc2ccc(-c3nnc(-c4ccc(Cl)cc4)o3)cc2)cc(OC)c1OC. The van der Waals surface area contributed by atoms with Gasteiger partial charge >= 0.3 is 0 Å². The zero-order valence-electron chi connectivity index (χ0n) is 18.1. The molecule has 0 aliphatic carbocycles. The molecule has 0 aliphatic rings. The van der Waals surface area contributed by atoms with Gasteiger partial charge in [0, 0.05) is 27.4 Å². The molecule has 3 aromatic carbocycles. The highest BCUT2D eigenvalue weighted by molar-refractivity contribution is 6.30. The Hall–Kier alpha value is -4.04. The molecule has 0 saturated carbocycles. The summed E-state index contributed by atoms with van der Waals surface area (Å²) in [6, 6.07) is 17.4. The van der Waals surface area contributed by atoms with Crippen molar-refractivity contribution in [2.24, 2.45) is 0 Å². The van der Waals surface area contributed by atoms with E-state index in [1.807, 2.05) is 0 Å². The number of nitrogens with one attached hydrogen (secondary N) is 1. The van der Waals surface area contributed by atoms with Crippen molar-refractivity contribution in [2.45, 2.75) is 0 Å². The normalized spacial score (nSPS) is 10.5. The summed E-state index contributed by atoms with van der Waals surface area (Å²) < 4.78 is 21.7. The number of anilines is 1. The Morgan fingerprint density at radius 3 is 1.82 bits per heavy atom. The summed E-state index contributed by atoms with van der Waals surface area (Å²) in [5, 5.41) is 11.7. The van der Waals surface area contributed by atoms with Crippen LogP contribution in [-0.2, 0) is 0 Å². The molecule has 0 saturated heterocycles. The molecule has 0 radical (unpaired) electrons. The summed E-state index contributed by atoms with van der Waals surface area (Å²) in [5.41, 5.74) is 2.44. The number of halogens is 1. The van der Waals surface area contributed by atoms with Gasteiger partial charge in [-0.1, -0.05) is 11.6 Å². The fourth-order valence-electron chi connectivity index (χ4n) is 3.16. The lowest BCUT2D eigenvalue weighted by Gasteiger charge is -2.14. The lowest BCUT2D eigenvalue weighted by molar-refractivity contribution is 0.102. The van der Waals surface area contributed by atoms with E-state index in [9.17, 15) is 4.79 Å². The van der Waals surface area contributed by atoms with Crippen LogP contribution in [0.1, 0.15) is 10.4 Å². The molecular weight excluding hydrogens is 446 g/mol. The molecule has 0 atom stereocenters. The van der Waals surface area contributed by atoms with Gasteiger partial charge in [0.15, 0.2) is 11.5 Å². The van der Waals surface area contributed by atoms with Crippen molar-refractivity contribution < 1.29 is 23.4 Å². The quantitative estimate of drug-likeness (QED) is 0.393. The molecule has 4 aromatic rings. The second-order valence-corrected chi connectivity index (χ2v) is 7.30. The van der Waals surface area contributed by atoms with Gasteiger partial charge in [0.05, 0.1) is 21.3 Å². The van der Waals surface area contributed by atoms with Crippen LogP contribution >= 0.6 is 11.6 Å². The zero-order valence-corrected chi connectivity index (χ0v) is 18.8. The first-order valence-electron chi connectivity index (χ1n) is 9.83. The summed E-state index contributed by atoms with van der Waals surface area (Å²) in [7, 11) is 4.49. The molecule has 4 rings (SSSR count). The number of benzene rings is 3. The average Bonchev–Trinajstić information content (AvgIpc) is 3.34. The number of hydrogen-bond donors (Lipinski definition) is 1. The fourth-order valence-corrected chi connectivity index (χ4v) is 3.29. The van der Waals surface area contributed by atoms with E-state index in [1.165, 1.54) is 21.3 Å². The molecule has 0 bridgehead atoms. The Morgan fingerprint density at radius 1 is 0.818 bits per heavy atom. The number of nitrogens with zero attached hydrogens (tertiary/aromatic N) is 2. The Bertz CT molecular complexity index is 1250. The summed E-state index contributed by atoms with van der Waals surface area (Å²) in [6.45, 7) is 0. The van der Waals surface area contributed by atoms with Gasteiger partial charge in [-0.25, -0.2) is 0 Å². The van der Waals surface area contributed by atoms with Crippen molar-refractivity contribution in [3.05, 3.63) is 71.2 Å². The Kier molecular flexibility index (Phi) is 6.46. The van der Waals surface area contributed by atoms with Crippen LogP contribution in [-0.4, -0.2) is 37.4 Å². The maximum Gasteiger partial charge on any atom is 0.255 e. The van der Waals surface area contributed by atoms with Crippen LogP contribution in [0.15, 0.2) is 65.1 Å². The molecule has 9 heteroatoms. The molecule has 1 heterocycles. The Labute approximate surface area is 195 Å². The van der Waals surface area contributed by atoms with Crippen LogP contribution in [0.2, 0.25) is 5.02 Å². The summed E-state index contributed by atoms with van der Waals surface area (Å²) in [6.07, 6.45) is 0. The molecule has 33 heavy (non-hydrogen) atoms. The van der Waals surface area contributed by atoms with Crippen LogP contribution in [0, 0.1) is 0 Å². The third-order valence-electron chi connectivity index (χ3n) is 4.83. The number of ether oxygens (including phenoxy) is 3. The van der Waals surface area contributed by atoms with E-state index in [4.69, 9.17) is 30.2 Å². The van der Waals surface area contributed by atoms with Gasteiger partial charge in [-0.05, 0) is 60.7 Å². The van der Waals surface area contributed by atoms with Crippen LogP contribution in [0.3, 0.4) is 0 Å². The molecule has 1 aromatic heterocycles. The second kappa shape index (κ2) is 9.62. The van der Waals surface area contributed by atoms with Gasteiger partial charge in [0.1, 0.15) is 0 Å². The van der Waals surface area contributed by atoms with E-state index in [0.29, 0.717) is 50.9 Å². The van der Waals surface area contributed by atoms with Crippen molar-refractivity contribution in [2.75, 3.05) is 26.6 Å². The van der Waals surface area contributed by atoms with Crippen LogP contribution < -0.4 is 19.5 Å². The third-order valence-corrected chi connectivity index (χ3v) is 5.08. The molecule has 0 fully saturated rings. The lowest BCUT2D eigenvalue weighted by atomic mass is 10.1. The maximum atomic E-state index is 12.8. The fraction of sp³-hybridized carbons (Fsp3) is 0.125. The van der Waals surface area contributed by atoms with Gasteiger partial charge in [0.2, 0.25) is 17.5 Å². The maximum absolute atomic E-state index is 12.8. The first kappa shape index (κ1) is 22.2. The molecule has 1 N–H and O–H groups in total. The van der Waals surface area contributed by atoms with Gasteiger partial charge < -0.3 is 23.9 Å². The summed E-state index contributed by atoms with van der Waals surface area (Å²) in [5.74, 6) is 1.63. The highest BCUT2D eigenvalue weighted by Crippen LogP contribution is 2.38. The predicted molar refractivity (Wildman–Crippen MR) is 124 cm³/mol. The number of aromatic nitrogens is 2. The number of carbonyl (C=O) groups is 1. The third kappa shape index (κ3) is 4.75. The first-order valence-corrected chi connectivity index (χ1v) is 10.2. The minimum absolute atomic E-state index is 0.329. The van der Waals surface area contributed by atoms with Crippen LogP contribution in [0.4, 0.5) is 5.69 Å². The van der Waals surface area contributed by atoms with Gasteiger partial charge in [0.25, 0.3) is 5.91 Å². The lowest BCUT2D eigenvalue weighted by Crippen LogP contribution is -2.12. The number of rotatable bonds is 7. The average molecular weight is 466 g/mol. The number of methoxy groups -OCH3 is 3. The number of carbonyl (C=O) groups excluding carboxylic acids is 1. The van der Waals surface area contributed by atoms with Crippen molar-refractivity contribution in [1.82, 2.24) is 10.2 Å². The van der Waals surface area contributed by atoms with Crippen molar-refractivity contribution in [3.63, 3.8) is 0 Å².